The smallest absolute Gasteiger partial charge is 0.145 e. The van der Waals surface area contributed by atoms with Crippen molar-refractivity contribution in [2.24, 2.45) is 0 Å². The molecule has 2 aromatic heterocycles. The molecule has 1 atom stereocenters. The molecule has 21 heavy (non-hydrogen) atoms. The predicted octanol–water partition coefficient (Wildman–Crippen LogP) is 3.06. The molecule has 0 aliphatic heterocycles. The van der Waals surface area contributed by atoms with Crippen LogP contribution < -0.4 is 5.32 Å². The summed E-state index contributed by atoms with van der Waals surface area (Å²) in [5, 5.41) is 15.1. The van der Waals surface area contributed by atoms with E-state index in [9.17, 15) is 0 Å². The van der Waals surface area contributed by atoms with E-state index in [2.05, 4.69) is 39.7 Å². The van der Waals surface area contributed by atoms with E-state index in [1.165, 1.54) is 0 Å². The summed E-state index contributed by atoms with van der Waals surface area (Å²) in [6, 6.07) is 10.1. The van der Waals surface area contributed by atoms with Crippen molar-refractivity contribution in [3.8, 4) is 16.4 Å². The molecule has 0 spiro atoms. The average Bonchev–Trinajstić information content (AvgIpc) is 3.17. The maximum atomic E-state index is 4.65. The first-order valence-corrected chi connectivity index (χ1v) is 7.83. The molecule has 3 rings (SSSR count). The Balaban J connectivity index is 1.84. The molecule has 2 heterocycles. The summed E-state index contributed by atoms with van der Waals surface area (Å²) in [7, 11) is 0. The first kappa shape index (κ1) is 13.9. The van der Waals surface area contributed by atoms with Gasteiger partial charge in [0.15, 0.2) is 0 Å². The van der Waals surface area contributed by atoms with Crippen molar-refractivity contribution in [1.29, 1.82) is 0 Å². The van der Waals surface area contributed by atoms with Crippen molar-refractivity contribution in [2.45, 2.75) is 19.9 Å². The second-order valence-corrected chi connectivity index (χ2v) is 5.57. The van der Waals surface area contributed by atoms with Gasteiger partial charge in [-0.3, -0.25) is 0 Å². The van der Waals surface area contributed by atoms with Crippen LogP contribution in [-0.2, 0) is 0 Å². The molecule has 108 valence electrons. The fraction of sp³-hybridized carbons (Fsp3) is 0.267. The Morgan fingerprint density at radius 3 is 2.86 bits per heavy atom. The molecule has 0 aliphatic carbocycles. The van der Waals surface area contributed by atoms with Gasteiger partial charge < -0.3 is 5.32 Å². The van der Waals surface area contributed by atoms with Crippen LogP contribution in [0, 0.1) is 0 Å². The van der Waals surface area contributed by atoms with Gasteiger partial charge >= 0.3 is 0 Å². The average molecular weight is 299 g/mol. The lowest BCUT2D eigenvalue weighted by atomic mass is 10.2. The molecule has 1 aromatic carbocycles. The van der Waals surface area contributed by atoms with E-state index in [1.807, 2.05) is 30.3 Å². The van der Waals surface area contributed by atoms with Crippen molar-refractivity contribution >= 4 is 11.3 Å². The Morgan fingerprint density at radius 1 is 1.29 bits per heavy atom. The van der Waals surface area contributed by atoms with E-state index in [-0.39, 0.29) is 6.04 Å². The Morgan fingerprint density at radius 2 is 2.10 bits per heavy atom. The third-order valence-electron chi connectivity index (χ3n) is 3.17. The quantitative estimate of drug-likeness (QED) is 0.786. The number of hydrogen-bond acceptors (Lipinski definition) is 5. The normalized spacial score (nSPS) is 12.5. The minimum Gasteiger partial charge on any atom is -0.309 e. The highest BCUT2D eigenvalue weighted by Crippen LogP contribution is 2.24. The molecule has 0 bridgehead atoms. The van der Waals surface area contributed by atoms with E-state index < -0.39 is 0 Å². The van der Waals surface area contributed by atoms with Crippen LogP contribution in [0.15, 0.2) is 41.9 Å². The molecule has 0 saturated carbocycles. The second-order valence-electron chi connectivity index (χ2n) is 4.71. The second kappa shape index (κ2) is 6.15. The van der Waals surface area contributed by atoms with Crippen LogP contribution in [0.5, 0.6) is 0 Å². The monoisotopic (exact) mass is 299 g/mol. The van der Waals surface area contributed by atoms with Crippen LogP contribution in [0.1, 0.15) is 25.6 Å². The standard InChI is InChI=1S/C15H17N5S/c1-3-16-11(2)14-10-21-15(18-14)13-9-17-20(19-13)12-7-5-4-6-8-12/h4-11,16H,3H2,1-2H3. The molecule has 0 fully saturated rings. The molecule has 0 amide bonds. The van der Waals surface area contributed by atoms with Gasteiger partial charge in [0.2, 0.25) is 0 Å². The first-order chi connectivity index (χ1) is 10.3. The largest absolute Gasteiger partial charge is 0.309 e. The number of nitrogens with one attached hydrogen (secondary N) is 1. The highest BCUT2D eigenvalue weighted by Gasteiger charge is 2.13. The topological polar surface area (TPSA) is 55.6 Å². The highest BCUT2D eigenvalue weighted by molar-refractivity contribution is 7.13. The zero-order chi connectivity index (χ0) is 14.7. The number of aromatic nitrogens is 4. The predicted molar refractivity (Wildman–Crippen MR) is 84.6 cm³/mol. The molecule has 0 aliphatic rings. The summed E-state index contributed by atoms with van der Waals surface area (Å²) in [6.07, 6.45) is 1.76. The van der Waals surface area contributed by atoms with E-state index in [1.54, 1.807) is 22.3 Å². The molecule has 5 nitrogen and oxygen atoms in total. The zero-order valence-electron chi connectivity index (χ0n) is 12.0. The fourth-order valence-electron chi connectivity index (χ4n) is 2.06. The van der Waals surface area contributed by atoms with Crippen molar-refractivity contribution in [2.75, 3.05) is 6.54 Å². The van der Waals surface area contributed by atoms with E-state index in [4.69, 9.17) is 0 Å². The summed E-state index contributed by atoms with van der Waals surface area (Å²) in [6.45, 7) is 5.14. The van der Waals surface area contributed by atoms with Gasteiger partial charge in [0.05, 0.1) is 17.6 Å². The Bertz CT molecular complexity index is 704. The van der Waals surface area contributed by atoms with Gasteiger partial charge in [-0.2, -0.15) is 9.90 Å². The maximum absolute atomic E-state index is 4.65. The molecule has 6 heteroatoms. The van der Waals surface area contributed by atoms with Crippen LogP contribution in [-0.4, -0.2) is 26.5 Å². The van der Waals surface area contributed by atoms with Gasteiger partial charge in [-0.05, 0) is 25.6 Å². The van der Waals surface area contributed by atoms with Crippen LogP contribution >= 0.6 is 11.3 Å². The van der Waals surface area contributed by atoms with Crippen molar-refractivity contribution in [1.82, 2.24) is 25.3 Å². The SMILES string of the molecule is CCNC(C)c1csc(-c2cnn(-c3ccccc3)n2)n1. The number of benzene rings is 1. The third kappa shape index (κ3) is 3.01. The fourth-order valence-corrected chi connectivity index (χ4v) is 2.92. The Hall–Kier alpha value is -2.05. The van der Waals surface area contributed by atoms with E-state index in [0.29, 0.717) is 0 Å². The number of thiazole rings is 1. The molecule has 1 N–H and O–H groups in total. The summed E-state index contributed by atoms with van der Waals surface area (Å²) >= 11 is 1.60. The molecule has 3 aromatic rings. The van der Waals surface area contributed by atoms with E-state index in [0.717, 1.165) is 28.6 Å². The maximum Gasteiger partial charge on any atom is 0.145 e. The molecular formula is C15H17N5S. The summed E-state index contributed by atoms with van der Waals surface area (Å²) in [5.74, 6) is 0. The van der Waals surface area contributed by atoms with Crippen molar-refractivity contribution in [3.05, 3.63) is 47.6 Å². The molecule has 1 unspecified atom stereocenters. The van der Waals surface area contributed by atoms with Crippen LogP contribution in [0.25, 0.3) is 16.4 Å². The minimum absolute atomic E-state index is 0.254. The summed E-state index contributed by atoms with van der Waals surface area (Å²) in [4.78, 5) is 6.28. The van der Waals surface area contributed by atoms with E-state index >= 15 is 0 Å². The van der Waals surface area contributed by atoms with Gasteiger partial charge in [0, 0.05) is 11.4 Å². The summed E-state index contributed by atoms with van der Waals surface area (Å²) in [5.41, 5.74) is 2.80. The molecule has 0 radical (unpaired) electrons. The number of hydrogen-bond donors (Lipinski definition) is 1. The molecular weight excluding hydrogens is 282 g/mol. The first-order valence-electron chi connectivity index (χ1n) is 6.95. The van der Waals surface area contributed by atoms with Gasteiger partial charge in [0.25, 0.3) is 0 Å². The van der Waals surface area contributed by atoms with Crippen LogP contribution in [0.4, 0.5) is 0 Å². The third-order valence-corrected chi connectivity index (χ3v) is 4.06. The van der Waals surface area contributed by atoms with Crippen LogP contribution in [0.3, 0.4) is 0 Å². The molecule has 0 saturated heterocycles. The van der Waals surface area contributed by atoms with Gasteiger partial charge in [-0.15, -0.1) is 16.4 Å². The number of para-hydroxylation sites is 1. The minimum atomic E-state index is 0.254. The Labute approximate surface area is 127 Å². The van der Waals surface area contributed by atoms with Crippen LogP contribution in [0.2, 0.25) is 0 Å². The number of nitrogens with zero attached hydrogens (tertiary/aromatic N) is 4. The lowest BCUT2D eigenvalue weighted by Gasteiger charge is -2.07. The van der Waals surface area contributed by atoms with Gasteiger partial charge in [-0.1, -0.05) is 25.1 Å². The van der Waals surface area contributed by atoms with Crippen molar-refractivity contribution in [3.63, 3.8) is 0 Å². The zero-order valence-corrected chi connectivity index (χ0v) is 12.8. The van der Waals surface area contributed by atoms with Gasteiger partial charge in [0.1, 0.15) is 10.7 Å². The highest BCUT2D eigenvalue weighted by atomic mass is 32.1. The van der Waals surface area contributed by atoms with Crippen molar-refractivity contribution < 1.29 is 0 Å². The van der Waals surface area contributed by atoms with Gasteiger partial charge in [-0.25, -0.2) is 4.98 Å². The Kier molecular flexibility index (Phi) is 4.08. The number of rotatable bonds is 5. The lowest BCUT2D eigenvalue weighted by molar-refractivity contribution is 0.586. The lowest BCUT2D eigenvalue weighted by Crippen LogP contribution is -2.17. The summed E-state index contributed by atoms with van der Waals surface area (Å²) < 4.78 is 0.